The highest BCUT2D eigenvalue weighted by molar-refractivity contribution is 8.06. The lowest BCUT2D eigenvalue weighted by atomic mass is 9.79. The van der Waals surface area contributed by atoms with E-state index < -0.39 is 30.5 Å². The van der Waals surface area contributed by atoms with Crippen LogP contribution in [0.3, 0.4) is 0 Å². The van der Waals surface area contributed by atoms with Crippen molar-refractivity contribution in [1.82, 2.24) is 4.72 Å². The molecule has 8 heteroatoms. The van der Waals surface area contributed by atoms with Gasteiger partial charge in [0.15, 0.2) is 14.9 Å². The highest BCUT2D eigenvalue weighted by atomic mass is 35.5. The number of sulfone groups is 1. The molecule has 0 aromatic heterocycles. The van der Waals surface area contributed by atoms with Gasteiger partial charge in [-0.15, -0.1) is 11.6 Å². The van der Waals surface area contributed by atoms with Gasteiger partial charge >= 0.3 is 0 Å². The van der Waals surface area contributed by atoms with Crippen LogP contribution in [0.25, 0.3) is 0 Å². The molecule has 0 amide bonds. The quantitative estimate of drug-likeness (QED) is 0.720. The van der Waals surface area contributed by atoms with Gasteiger partial charge < -0.3 is 0 Å². The Labute approximate surface area is 95.2 Å². The zero-order valence-corrected chi connectivity index (χ0v) is 10.8. The van der Waals surface area contributed by atoms with Crippen molar-refractivity contribution in [2.75, 3.05) is 17.2 Å². The van der Waals surface area contributed by atoms with Gasteiger partial charge in [0, 0.05) is 17.7 Å². The predicted octanol–water partition coefficient (Wildman–Crippen LogP) is 0.0694. The van der Waals surface area contributed by atoms with Crippen LogP contribution in [0.5, 0.6) is 0 Å². The molecule has 1 aliphatic rings. The monoisotopic (exact) mass is 275 g/mol. The van der Waals surface area contributed by atoms with Crippen molar-refractivity contribution >= 4 is 31.5 Å². The standard InChI is InChI=1S/C7H14ClNO4S2/c1-14(10,11)6-15(12,13)9-7(5-8)3-2-4-7/h9H,2-6H2,1H3. The summed E-state index contributed by atoms with van der Waals surface area (Å²) in [6, 6.07) is 0. The van der Waals surface area contributed by atoms with E-state index >= 15 is 0 Å². The van der Waals surface area contributed by atoms with Crippen LogP contribution in [0, 0.1) is 0 Å². The molecule has 15 heavy (non-hydrogen) atoms. The van der Waals surface area contributed by atoms with Crippen molar-refractivity contribution in [1.29, 1.82) is 0 Å². The summed E-state index contributed by atoms with van der Waals surface area (Å²) in [4.78, 5) is 0. The van der Waals surface area contributed by atoms with Crippen molar-refractivity contribution in [3.63, 3.8) is 0 Å². The van der Waals surface area contributed by atoms with E-state index in [2.05, 4.69) is 4.72 Å². The summed E-state index contributed by atoms with van der Waals surface area (Å²) in [5.41, 5.74) is -0.620. The van der Waals surface area contributed by atoms with Crippen molar-refractivity contribution in [2.45, 2.75) is 24.8 Å². The largest absolute Gasteiger partial charge is 0.228 e. The zero-order valence-electron chi connectivity index (χ0n) is 8.36. The highest BCUT2D eigenvalue weighted by Gasteiger charge is 2.40. The Morgan fingerprint density at radius 3 is 2.07 bits per heavy atom. The summed E-state index contributed by atoms with van der Waals surface area (Å²) in [5.74, 6) is 0.177. The molecule has 1 fully saturated rings. The molecule has 1 N–H and O–H groups in total. The average Bonchev–Trinajstić information content (AvgIpc) is 1.92. The van der Waals surface area contributed by atoms with Crippen molar-refractivity contribution in [3.05, 3.63) is 0 Å². The molecule has 0 aliphatic heterocycles. The Hall–Kier alpha value is 0.150. The number of alkyl halides is 1. The van der Waals surface area contributed by atoms with E-state index in [1.807, 2.05) is 0 Å². The van der Waals surface area contributed by atoms with E-state index in [1.54, 1.807) is 0 Å². The normalized spacial score (nSPS) is 20.9. The number of rotatable bonds is 5. The predicted molar refractivity (Wildman–Crippen MR) is 59.1 cm³/mol. The summed E-state index contributed by atoms with van der Waals surface area (Å²) in [5, 5.41) is -0.876. The van der Waals surface area contributed by atoms with E-state index in [0.717, 1.165) is 12.7 Å². The van der Waals surface area contributed by atoms with E-state index in [0.29, 0.717) is 12.8 Å². The van der Waals surface area contributed by atoms with Crippen LogP contribution in [0.15, 0.2) is 0 Å². The Balaban J connectivity index is 2.72. The lowest BCUT2D eigenvalue weighted by Crippen LogP contribution is -2.55. The fraction of sp³-hybridized carbons (Fsp3) is 1.00. The average molecular weight is 276 g/mol. The molecular formula is C7H14ClNO4S2. The van der Waals surface area contributed by atoms with Crippen LogP contribution in [0.1, 0.15) is 19.3 Å². The van der Waals surface area contributed by atoms with Gasteiger partial charge in [-0.1, -0.05) is 0 Å². The van der Waals surface area contributed by atoms with Crippen LogP contribution >= 0.6 is 11.6 Å². The molecule has 1 rings (SSSR count). The zero-order chi connectivity index (χ0) is 11.7. The van der Waals surface area contributed by atoms with Crippen molar-refractivity contribution in [3.8, 4) is 0 Å². The van der Waals surface area contributed by atoms with Gasteiger partial charge in [-0.05, 0) is 19.3 Å². The third kappa shape index (κ3) is 3.90. The van der Waals surface area contributed by atoms with Gasteiger partial charge in [0.1, 0.15) is 0 Å². The lowest BCUT2D eigenvalue weighted by Gasteiger charge is -2.40. The van der Waals surface area contributed by atoms with Crippen LogP contribution in [-0.4, -0.2) is 39.6 Å². The molecule has 1 saturated carbocycles. The van der Waals surface area contributed by atoms with Crippen LogP contribution in [0.4, 0.5) is 0 Å². The highest BCUT2D eigenvalue weighted by Crippen LogP contribution is 2.33. The van der Waals surface area contributed by atoms with Gasteiger partial charge in [0.05, 0.1) is 0 Å². The van der Waals surface area contributed by atoms with Gasteiger partial charge in [-0.25, -0.2) is 21.6 Å². The minimum Gasteiger partial charge on any atom is -0.228 e. The molecule has 0 aromatic carbocycles. The molecule has 0 unspecified atom stereocenters. The summed E-state index contributed by atoms with van der Waals surface area (Å²) in [6.45, 7) is 0. The Morgan fingerprint density at radius 2 is 1.80 bits per heavy atom. The van der Waals surface area contributed by atoms with Gasteiger partial charge in [-0.2, -0.15) is 0 Å². The number of sulfonamides is 1. The minimum absolute atomic E-state index is 0.177. The molecule has 0 heterocycles. The Bertz CT molecular complexity index is 418. The summed E-state index contributed by atoms with van der Waals surface area (Å²) < 4.78 is 47.1. The lowest BCUT2D eigenvalue weighted by molar-refractivity contribution is 0.252. The first-order chi connectivity index (χ1) is 6.68. The number of halogens is 1. The molecule has 5 nitrogen and oxygen atoms in total. The summed E-state index contributed by atoms with van der Waals surface area (Å²) in [6.07, 6.45) is 3.13. The van der Waals surface area contributed by atoms with Gasteiger partial charge in [0.2, 0.25) is 10.0 Å². The molecule has 0 radical (unpaired) electrons. The van der Waals surface area contributed by atoms with E-state index in [4.69, 9.17) is 11.6 Å². The van der Waals surface area contributed by atoms with E-state index in [1.165, 1.54) is 0 Å². The molecule has 1 aliphatic carbocycles. The first-order valence-electron chi connectivity index (χ1n) is 4.43. The third-order valence-electron chi connectivity index (χ3n) is 2.31. The summed E-state index contributed by atoms with van der Waals surface area (Å²) in [7, 11) is -7.33. The number of hydrogen-bond donors (Lipinski definition) is 1. The van der Waals surface area contributed by atoms with Crippen LogP contribution in [0.2, 0.25) is 0 Å². The third-order valence-corrected chi connectivity index (χ3v) is 6.52. The van der Waals surface area contributed by atoms with Gasteiger partial charge in [0.25, 0.3) is 0 Å². The maximum absolute atomic E-state index is 11.5. The second kappa shape index (κ2) is 4.20. The number of nitrogens with one attached hydrogen (secondary N) is 1. The molecule has 90 valence electrons. The molecule has 0 aromatic rings. The first-order valence-corrected chi connectivity index (χ1v) is 8.68. The maximum Gasteiger partial charge on any atom is 0.226 e. The Morgan fingerprint density at radius 1 is 1.27 bits per heavy atom. The van der Waals surface area contributed by atoms with E-state index in [9.17, 15) is 16.8 Å². The minimum atomic E-state index is -3.79. The fourth-order valence-electron chi connectivity index (χ4n) is 1.51. The topological polar surface area (TPSA) is 80.3 Å². The first kappa shape index (κ1) is 13.2. The van der Waals surface area contributed by atoms with Gasteiger partial charge in [-0.3, -0.25) is 0 Å². The van der Waals surface area contributed by atoms with Crippen LogP contribution in [-0.2, 0) is 19.9 Å². The maximum atomic E-state index is 11.5. The molecule has 0 atom stereocenters. The SMILES string of the molecule is CS(=O)(=O)CS(=O)(=O)NC1(CCl)CCC1. The molecule has 0 spiro atoms. The second-order valence-corrected chi connectivity index (χ2v) is 8.52. The molecular weight excluding hydrogens is 262 g/mol. The Kier molecular flexibility index (Phi) is 3.70. The molecule has 0 bridgehead atoms. The van der Waals surface area contributed by atoms with Crippen molar-refractivity contribution in [2.24, 2.45) is 0 Å². The molecule has 0 saturated heterocycles. The fourth-order valence-corrected chi connectivity index (χ4v) is 5.35. The van der Waals surface area contributed by atoms with Crippen molar-refractivity contribution < 1.29 is 16.8 Å². The van der Waals surface area contributed by atoms with E-state index in [-0.39, 0.29) is 5.88 Å². The smallest absolute Gasteiger partial charge is 0.226 e. The second-order valence-electron chi connectivity index (χ2n) is 4.03. The van der Waals surface area contributed by atoms with Crippen LogP contribution < -0.4 is 4.72 Å². The number of hydrogen-bond acceptors (Lipinski definition) is 4. The summed E-state index contributed by atoms with van der Waals surface area (Å²) >= 11 is 5.66.